The lowest BCUT2D eigenvalue weighted by molar-refractivity contribution is -0.135. The molecule has 0 aromatic heterocycles. The van der Waals surface area contributed by atoms with Crippen molar-refractivity contribution in [2.75, 3.05) is 39.8 Å². The zero-order valence-corrected chi connectivity index (χ0v) is 16.6. The third-order valence-corrected chi connectivity index (χ3v) is 7.48. The highest BCUT2D eigenvalue weighted by Crippen LogP contribution is 2.57. The van der Waals surface area contributed by atoms with E-state index in [4.69, 9.17) is 4.74 Å². The van der Waals surface area contributed by atoms with Gasteiger partial charge in [-0.3, -0.25) is 9.69 Å². The fourth-order valence-electron chi connectivity index (χ4n) is 5.94. The van der Waals surface area contributed by atoms with Gasteiger partial charge in [0.2, 0.25) is 5.91 Å². The van der Waals surface area contributed by atoms with E-state index in [9.17, 15) is 9.59 Å². The van der Waals surface area contributed by atoms with E-state index in [1.165, 1.54) is 20.0 Å². The van der Waals surface area contributed by atoms with Gasteiger partial charge in [0.1, 0.15) is 0 Å². The number of amides is 2. The smallest absolute Gasteiger partial charge is 0.409 e. The second-order valence-electron chi connectivity index (χ2n) is 9.23. The molecule has 2 aliphatic carbocycles. The molecule has 2 aliphatic heterocycles. The highest BCUT2D eigenvalue weighted by molar-refractivity contribution is 5.83. The lowest BCUT2D eigenvalue weighted by atomic mass is 9.64. The molecule has 2 amide bonds. The molecule has 4 aliphatic rings. The predicted octanol–water partition coefficient (Wildman–Crippen LogP) is 2.04. The summed E-state index contributed by atoms with van der Waals surface area (Å²) < 4.78 is 4.86. The molecule has 26 heavy (non-hydrogen) atoms. The second kappa shape index (κ2) is 6.39. The molecular weight excluding hydrogens is 330 g/mol. The molecule has 2 heterocycles. The number of hydrogen-bond acceptors (Lipinski definition) is 4. The first-order chi connectivity index (χ1) is 12.4. The largest absolute Gasteiger partial charge is 0.453 e. The number of carbonyl (C=O) groups is 2. The van der Waals surface area contributed by atoms with Gasteiger partial charge in [-0.1, -0.05) is 0 Å². The summed E-state index contributed by atoms with van der Waals surface area (Å²) in [6, 6.07) is 0.958. The molecule has 0 radical (unpaired) electrons. The Labute approximate surface area is 156 Å². The molecule has 146 valence electrons. The summed E-state index contributed by atoms with van der Waals surface area (Å²) in [5, 5.41) is 0. The molecule has 6 nitrogen and oxygen atoms in total. The molecule has 2 saturated heterocycles. The van der Waals surface area contributed by atoms with Crippen LogP contribution in [-0.2, 0) is 9.53 Å². The molecule has 6 heteroatoms. The van der Waals surface area contributed by atoms with Crippen LogP contribution in [-0.4, -0.2) is 78.6 Å². The number of methoxy groups -OCH3 is 1. The highest BCUT2D eigenvalue weighted by Gasteiger charge is 2.62. The molecule has 0 bridgehead atoms. The average molecular weight is 364 g/mol. The summed E-state index contributed by atoms with van der Waals surface area (Å²) in [5.74, 6) is 1.83. The second-order valence-corrected chi connectivity index (χ2v) is 9.23. The summed E-state index contributed by atoms with van der Waals surface area (Å²) >= 11 is 0. The van der Waals surface area contributed by atoms with Crippen LogP contribution in [0.3, 0.4) is 0 Å². The Hall–Kier alpha value is -1.30. The topological polar surface area (TPSA) is 53.1 Å². The molecule has 0 N–H and O–H groups in total. The summed E-state index contributed by atoms with van der Waals surface area (Å²) in [6.45, 7) is 11.0. The van der Waals surface area contributed by atoms with Crippen LogP contribution in [0.15, 0.2) is 0 Å². The molecule has 0 aromatic carbocycles. The minimum Gasteiger partial charge on any atom is -0.453 e. The van der Waals surface area contributed by atoms with Crippen LogP contribution in [0.4, 0.5) is 4.79 Å². The average Bonchev–Trinajstić information content (AvgIpc) is 2.95. The summed E-state index contributed by atoms with van der Waals surface area (Å²) in [6.07, 6.45) is 3.33. The lowest BCUT2D eigenvalue weighted by Crippen LogP contribution is -2.52. The van der Waals surface area contributed by atoms with Crippen molar-refractivity contribution in [2.24, 2.45) is 23.2 Å². The van der Waals surface area contributed by atoms with Crippen LogP contribution < -0.4 is 0 Å². The van der Waals surface area contributed by atoms with E-state index in [1.54, 1.807) is 0 Å². The Balaban J connectivity index is 1.25. The highest BCUT2D eigenvalue weighted by atomic mass is 16.5. The minimum atomic E-state index is -0.181. The number of fused-ring (bicyclic) bond motifs is 1. The predicted molar refractivity (Wildman–Crippen MR) is 98.6 cm³/mol. The maximum absolute atomic E-state index is 12.7. The maximum atomic E-state index is 12.7. The van der Waals surface area contributed by atoms with Gasteiger partial charge in [0.15, 0.2) is 0 Å². The van der Waals surface area contributed by atoms with Crippen molar-refractivity contribution < 1.29 is 14.3 Å². The molecule has 4 fully saturated rings. The van der Waals surface area contributed by atoms with E-state index in [1.807, 2.05) is 9.80 Å². The van der Waals surface area contributed by atoms with Gasteiger partial charge in [0.05, 0.1) is 7.11 Å². The van der Waals surface area contributed by atoms with Crippen molar-refractivity contribution in [2.45, 2.75) is 52.1 Å². The van der Waals surface area contributed by atoms with E-state index in [2.05, 4.69) is 25.7 Å². The number of hydrogen-bond donors (Lipinski definition) is 0. The standard InChI is InChI=1S/C20H33N3O3/c1-5-23(13(2)3)18(24)17-15-10-22(11-16(15)17)14-8-20(9-14)6-7-21(12-20)19(25)26-4/h13-17H,5-12H2,1-4H3/t14?,15-,16+,17?,20?. The molecule has 4 rings (SSSR count). The van der Waals surface area contributed by atoms with Crippen LogP contribution in [0, 0.1) is 23.2 Å². The lowest BCUT2D eigenvalue weighted by Gasteiger charge is -2.49. The van der Waals surface area contributed by atoms with Gasteiger partial charge in [-0.15, -0.1) is 0 Å². The van der Waals surface area contributed by atoms with E-state index in [0.29, 0.717) is 35.2 Å². The normalized spacial score (nSPS) is 38.4. The molecule has 1 unspecified atom stereocenters. The monoisotopic (exact) mass is 363 g/mol. The molecule has 2 saturated carbocycles. The van der Waals surface area contributed by atoms with Gasteiger partial charge >= 0.3 is 6.09 Å². The van der Waals surface area contributed by atoms with Gasteiger partial charge in [0, 0.05) is 50.7 Å². The van der Waals surface area contributed by atoms with Crippen LogP contribution in [0.2, 0.25) is 0 Å². The first-order valence-electron chi connectivity index (χ1n) is 10.3. The third kappa shape index (κ3) is 2.81. The number of ether oxygens (including phenoxy) is 1. The van der Waals surface area contributed by atoms with Gasteiger partial charge in [-0.25, -0.2) is 4.79 Å². The Morgan fingerprint density at radius 2 is 1.88 bits per heavy atom. The summed E-state index contributed by atoms with van der Waals surface area (Å²) in [5.41, 5.74) is 0.331. The molecule has 1 spiro atoms. The Morgan fingerprint density at radius 3 is 2.42 bits per heavy atom. The zero-order valence-electron chi connectivity index (χ0n) is 16.6. The molecule has 0 aromatic rings. The summed E-state index contributed by atoms with van der Waals surface area (Å²) in [4.78, 5) is 31.0. The van der Waals surface area contributed by atoms with Crippen molar-refractivity contribution in [3.8, 4) is 0 Å². The molecule has 3 atom stereocenters. The van der Waals surface area contributed by atoms with Crippen molar-refractivity contribution in [1.82, 2.24) is 14.7 Å². The Bertz CT molecular complexity index is 575. The number of carbonyl (C=O) groups excluding carboxylic acids is 2. The number of nitrogens with zero attached hydrogens (tertiary/aromatic N) is 3. The Morgan fingerprint density at radius 1 is 1.23 bits per heavy atom. The van der Waals surface area contributed by atoms with Crippen LogP contribution in [0.5, 0.6) is 0 Å². The van der Waals surface area contributed by atoms with Gasteiger partial charge in [-0.05, 0) is 57.3 Å². The van der Waals surface area contributed by atoms with Crippen molar-refractivity contribution in [1.29, 1.82) is 0 Å². The fourth-order valence-corrected chi connectivity index (χ4v) is 5.94. The minimum absolute atomic E-state index is 0.181. The zero-order chi connectivity index (χ0) is 18.6. The first-order valence-corrected chi connectivity index (χ1v) is 10.3. The van der Waals surface area contributed by atoms with Crippen LogP contribution >= 0.6 is 0 Å². The first kappa shape index (κ1) is 18.1. The van der Waals surface area contributed by atoms with Gasteiger partial charge in [-0.2, -0.15) is 0 Å². The summed E-state index contributed by atoms with van der Waals surface area (Å²) in [7, 11) is 1.46. The van der Waals surface area contributed by atoms with Crippen LogP contribution in [0.1, 0.15) is 40.0 Å². The van der Waals surface area contributed by atoms with E-state index < -0.39 is 0 Å². The van der Waals surface area contributed by atoms with Gasteiger partial charge < -0.3 is 14.5 Å². The number of likely N-dealkylation sites (tertiary alicyclic amines) is 2. The number of rotatable bonds is 4. The Kier molecular flexibility index (Phi) is 4.45. The third-order valence-electron chi connectivity index (χ3n) is 7.48. The SMILES string of the molecule is CCN(C(=O)C1[C@H]2CN(C3CC4(CCN(C(=O)OC)C4)C3)C[C@@H]12)C(C)C. The van der Waals surface area contributed by atoms with Crippen molar-refractivity contribution in [3.05, 3.63) is 0 Å². The van der Waals surface area contributed by atoms with E-state index in [-0.39, 0.29) is 12.0 Å². The quantitative estimate of drug-likeness (QED) is 0.767. The van der Waals surface area contributed by atoms with Crippen LogP contribution in [0.25, 0.3) is 0 Å². The van der Waals surface area contributed by atoms with Gasteiger partial charge in [0.25, 0.3) is 0 Å². The fraction of sp³-hybridized carbons (Fsp3) is 0.900. The van der Waals surface area contributed by atoms with Crippen molar-refractivity contribution >= 4 is 12.0 Å². The van der Waals surface area contributed by atoms with E-state index in [0.717, 1.165) is 39.1 Å². The molecular formula is C20H33N3O3. The van der Waals surface area contributed by atoms with Crippen molar-refractivity contribution in [3.63, 3.8) is 0 Å². The number of piperidine rings is 1. The maximum Gasteiger partial charge on any atom is 0.409 e. The van der Waals surface area contributed by atoms with E-state index >= 15 is 0 Å².